The number of nitrogens with one attached hydrogen (secondary N) is 2. The number of thiophene rings is 1. The van der Waals surface area contributed by atoms with Crippen molar-refractivity contribution in [1.82, 2.24) is 5.32 Å². The Balaban J connectivity index is 1.72. The number of fused-ring (bicyclic) bond motifs is 3. The standard InChI is InChI=1S/C16H16N2O2S/c19-10-5-3-4-9(8-10)14-17-15(20)13-11-6-1-2-7-12(11)21-16(13)18-14/h3-5,8,14,18-19H,1-2,6-7H2,(H,17,20). The third kappa shape index (κ3) is 2.08. The van der Waals surface area contributed by atoms with Gasteiger partial charge in [-0.1, -0.05) is 12.1 Å². The molecular formula is C16H16N2O2S. The van der Waals surface area contributed by atoms with E-state index in [0.717, 1.165) is 29.0 Å². The van der Waals surface area contributed by atoms with E-state index in [-0.39, 0.29) is 17.8 Å². The van der Waals surface area contributed by atoms with Crippen LogP contribution in [-0.4, -0.2) is 11.0 Å². The maximum Gasteiger partial charge on any atom is 0.256 e. The predicted molar refractivity (Wildman–Crippen MR) is 82.9 cm³/mol. The van der Waals surface area contributed by atoms with E-state index >= 15 is 0 Å². The molecule has 4 nitrogen and oxygen atoms in total. The Morgan fingerprint density at radius 2 is 2.05 bits per heavy atom. The second-order valence-electron chi connectivity index (χ2n) is 5.56. The van der Waals surface area contributed by atoms with Crippen LogP contribution in [0.5, 0.6) is 5.75 Å². The molecule has 2 aliphatic rings. The number of amides is 1. The summed E-state index contributed by atoms with van der Waals surface area (Å²) < 4.78 is 0. The molecule has 1 aliphatic carbocycles. The number of aryl methyl sites for hydroxylation is 1. The first-order chi connectivity index (χ1) is 10.2. The molecule has 4 rings (SSSR count). The first-order valence-electron chi connectivity index (χ1n) is 7.23. The summed E-state index contributed by atoms with van der Waals surface area (Å²) in [5.41, 5.74) is 2.94. The number of carbonyl (C=O) groups is 1. The first-order valence-corrected chi connectivity index (χ1v) is 8.05. The summed E-state index contributed by atoms with van der Waals surface area (Å²) in [5, 5.41) is 17.0. The van der Waals surface area contributed by atoms with Gasteiger partial charge in [0.2, 0.25) is 0 Å². The summed E-state index contributed by atoms with van der Waals surface area (Å²) in [6, 6.07) is 6.99. The molecule has 1 aliphatic heterocycles. The van der Waals surface area contributed by atoms with Crippen molar-refractivity contribution in [3.8, 4) is 5.75 Å². The summed E-state index contributed by atoms with van der Waals surface area (Å²) in [6.45, 7) is 0. The van der Waals surface area contributed by atoms with Crippen LogP contribution in [0.4, 0.5) is 5.00 Å². The third-order valence-electron chi connectivity index (χ3n) is 4.15. The van der Waals surface area contributed by atoms with Crippen molar-refractivity contribution in [3.63, 3.8) is 0 Å². The van der Waals surface area contributed by atoms with Gasteiger partial charge in [0.1, 0.15) is 16.9 Å². The lowest BCUT2D eigenvalue weighted by Crippen LogP contribution is -2.38. The average Bonchev–Trinajstić information content (AvgIpc) is 2.86. The number of rotatable bonds is 1. The number of hydrogen-bond donors (Lipinski definition) is 3. The normalized spacial score (nSPS) is 20.2. The maximum atomic E-state index is 12.5. The Hall–Kier alpha value is -2.01. The fourth-order valence-electron chi connectivity index (χ4n) is 3.15. The second kappa shape index (κ2) is 4.77. The van der Waals surface area contributed by atoms with E-state index in [1.165, 1.54) is 23.3 Å². The molecule has 0 saturated carbocycles. The number of benzene rings is 1. The molecule has 1 unspecified atom stereocenters. The Kier molecular flexibility index (Phi) is 2.89. The van der Waals surface area contributed by atoms with Crippen molar-refractivity contribution in [1.29, 1.82) is 0 Å². The van der Waals surface area contributed by atoms with Gasteiger partial charge in [-0.2, -0.15) is 0 Å². The Morgan fingerprint density at radius 1 is 1.19 bits per heavy atom. The van der Waals surface area contributed by atoms with Gasteiger partial charge in [-0.3, -0.25) is 4.79 Å². The molecule has 0 saturated heterocycles. The molecule has 0 radical (unpaired) electrons. The van der Waals surface area contributed by atoms with Crippen LogP contribution in [0.3, 0.4) is 0 Å². The molecule has 0 fully saturated rings. The summed E-state index contributed by atoms with van der Waals surface area (Å²) >= 11 is 1.71. The van der Waals surface area contributed by atoms with Crippen LogP contribution in [0.25, 0.3) is 0 Å². The lowest BCUT2D eigenvalue weighted by Gasteiger charge is -2.26. The van der Waals surface area contributed by atoms with Gasteiger partial charge >= 0.3 is 0 Å². The zero-order chi connectivity index (χ0) is 14.4. The molecule has 0 spiro atoms. The number of phenols is 1. The van der Waals surface area contributed by atoms with Crippen molar-refractivity contribution in [2.24, 2.45) is 0 Å². The first kappa shape index (κ1) is 12.7. The van der Waals surface area contributed by atoms with Gasteiger partial charge in [-0.25, -0.2) is 0 Å². The Morgan fingerprint density at radius 3 is 2.90 bits per heavy atom. The molecule has 1 aromatic heterocycles. The highest BCUT2D eigenvalue weighted by atomic mass is 32.1. The van der Waals surface area contributed by atoms with Gasteiger partial charge in [0.25, 0.3) is 5.91 Å². The van der Waals surface area contributed by atoms with E-state index < -0.39 is 0 Å². The van der Waals surface area contributed by atoms with Crippen LogP contribution in [0.1, 0.15) is 45.4 Å². The highest BCUT2D eigenvalue weighted by Crippen LogP contribution is 2.41. The van der Waals surface area contributed by atoms with Gasteiger partial charge < -0.3 is 15.7 Å². The number of phenolic OH excluding ortho intramolecular Hbond substituents is 1. The van der Waals surface area contributed by atoms with Crippen LogP contribution in [-0.2, 0) is 12.8 Å². The van der Waals surface area contributed by atoms with Crippen LogP contribution in [0, 0.1) is 0 Å². The van der Waals surface area contributed by atoms with E-state index in [4.69, 9.17) is 0 Å². The molecule has 108 valence electrons. The largest absolute Gasteiger partial charge is 0.508 e. The summed E-state index contributed by atoms with van der Waals surface area (Å²) in [5.74, 6) is 0.205. The van der Waals surface area contributed by atoms with Crippen molar-refractivity contribution >= 4 is 22.2 Å². The molecule has 1 atom stereocenters. The Bertz CT molecular complexity index is 723. The minimum atomic E-state index is -0.280. The van der Waals surface area contributed by atoms with E-state index in [1.54, 1.807) is 29.5 Å². The van der Waals surface area contributed by atoms with Crippen LogP contribution >= 0.6 is 11.3 Å². The van der Waals surface area contributed by atoms with Crippen molar-refractivity contribution in [3.05, 3.63) is 45.8 Å². The van der Waals surface area contributed by atoms with Gasteiger partial charge in [0, 0.05) is 4.88 Å². The SMILES string of the molecule is O=C1NC(c2cccc(O)c2)Nc2sc3c(c21)CCCC3. The summed E-state index contributed by atoms with van der Waals surface area (Å²) in [7, 11) is 0. The predicted octanol–water partition coefficient (Wildman–Crippen LogP) is 3.19. The minimum Gasteiger partial charge on any atom is -0.508 e. The van der Waals surface area contributed by atoms with Crippen molar-refractivity contribution < 1.29 is 9.90 Å². The number of anilines is 1. The van der Waals surface area contributed by atoms with E-state index in [1.807, 2.05) is 6.07 Å². The zero-order valence-electron chi connectivity index (χ0n) is 11.5. The highest BCUT2D eigenvalue weighted by molar-refractivity contribution is 7.16. The molecule has 21 heavy (non-hydrogen) atoms. The van der Waals surface area contributed by atoms with Crippen LogP contribution < -0.4 is 10.6 Å². The minimum absolute atomic E-state index is 0.00325. The number of carbonyl (C=O) groups excluding carboxylic acids is 1. The van der Waals surface area contributed by atoms with Crippen molar-refractivity contribution in [2.75, 3.05) is 5.32 Å². The molecule has 0 bridgehead atoms. The van der Waals surface area contributed by atoms with E-state index in [9.17, 15) is 9.90 Å². The summed E-state index contributed by atoms with van der Waals surface area (Å²) in [6.07, 6.45) is 4.19. The second-order valence-corrected chi connectivity index (χ2v) is 6.67. The fraction of sp³-hybridized carbons (Fsp3) is 0.312. The van der Waals surface area contributed by atoms with Gasteiger partial charge in [0.05, 0.1) is 5.56 Å². The fourth-order valence-corrected chi connectivity index (χ4v) is 4.46. The summed E-state index contributed by atoms with van der Waals surface area (Å²) in [4.78, 5) is 13.8. The zero-order valence-corrected chi connectivity index (χ0v) is 12.3. The van der Waals surface area contributed by atoms with E-state index in [2.05, 4.69) is 10.6 Å². The Labute approximate surface area is 126 Å². The highest BCUT2D eigenvalue weighted by Gasteiger charge is 2.31. The van der Waals surface area contributed by atoms with Gasteiger partial charge in [-0.15, -0.1) is 11.3 Å². The van der Waals surface area contributed by atoms with Crippen molar-refractivity contribution in [2.45, 2.75) is 31.8 Å². The lowest BCUT2D eigenvalue weighted by molar-refractivity contribution is 0.0935. The molecule has 5 heteroatoms. The molecule has 2 heterocycles. The maximum absolute atomic E-state index is 12.5. The molecule has 3 N–H and O–H groups in total. The smallest absolute Gasteiger partial charge is 0.256 e. The number of aromatic hydroxyl groups is 1. The van der Waals surface area contributed by atoms with E-state index in [0.29, 0.717) is 0 Å². The molecule has 2 aromatic rings. The average molecular weight is 300 g/mol. The quantitative estimate of drug-likeness (QED) is 0.758. The molecule has 1 aromatic carbocycles. The van der Waals surface area contributed by atoms with Gasteiger partial charge in [-0.05, 0) is 48.9 Å². The number of hydrogen-bond acceptors (Lipinski definition) is 4. The third-order valence-corrected chi connectivity index (χ3v) is 5.38. The van der Waals surface area contributed by atoms with Crippen LogP contribution in [0.15, 0.2) is 24.3 Å². The van der Waals surface area contributed by atoms with Crippen LogP contribution in [0.2, 0.25) is 0 Å². The lowest BCUT2D eigenvalue weighted by atomic mass is 9.94. The molecular weight excluding hydrogens is 284 g/mol. The topological polar surface area (TPSA) is 61.4 Å². The van der Waals surface area contributed by atoms with Gasteiger partial charge in [0.15, 0.2) is 0 Å². The monoisotopic (exact) mass is 300 g/mol. The molecule has 1 amide bonds.